The van der Waals surface area contributed by atoms with Gasteiger partial charge in [-0.1, -0.05) is 20.8 Å². The highest BCUT2D eigenvalue weighted by Crippen LogP contribution is 2.35. The first-order chi connectivity index (χ1) is 6.57. The van der Waals surface area contributed by atoms with E-state index in [1.165, 1.54) is 30.7 Å². The van der Waals surface area contributed by atoms with Gasteiger partial charge in [-0.3, -0.25) is 0 Å². The van der Waals surface area contributed by atoms with E-state index in [0.717, 1.165) is 12.3 Å². The van der Waals surface area contributed by atoms with Gasteiger partial charge in [-0.05, 0) is 37.0 Å². The van der Waals surface area contributed by atoms with E-state index in [9.17, 15) is 0 Å². The van der Waals surface area contributed by atoms with Crippen LogP contribution < -0.4 is 0 Å². The van der Waals surface area contributed by atoms with Crippen LogP contribution in [0.3, 0.4) is 0 Å². The minimum atomic E-state index is 0.423. The number of nitrogens with one attached hydrogen (secondary N) is 1. The number of rotatable bonds is 0. The molecule has 1 aliphatic carbocycles. The van der Waals surface area contributed by atoms with E-state index in [-0.39, 0.29) is 0 Å². The third-order valence-corrected chi connectivity index (χ3v) is 3.45. The molecule has 1 aliphatic rings. The number of aryl methyl sites for hydroxylation is 1. The molecule has 1 atom stereocenters. The van der Waals surface area contributed by atoms with Crippen molar-refractivity contribution in [3.05, 3.63) is 17.7 Å². The average molecular weight is 192 g/mol. The lowest BCUT2D eigenvalue weighted by molar-refractivity contribution is 0.223. The second kappa shape index (κ2) is 3.41. The van der Waals surface area contributed by atoms with Gasteiger partial charge in [0.15, 0.2) is 0 Å². The minimum Gasteiger partial charge on any atom is -0.348 e. The fourth-order valence-corrected chi connectivity index (χ4v) is 2.35. The van der Waals surface area contributed by atoms with Gasteiger partial charge in [0.1, 0.15) is 0 Å². The second-order valence-corrected chi connectivity index (χ2v) is 5.49. The van der Waals surface area contributed by atoms with E-state index in [1.807, 2.05) is 6.33 Å². The van der Waals surface area contributed by atoms with Crippen LogP contribution in [0.15, 0.2) is 6.33 Å². The number of aromatic nitrogens is 2. The number of fused-ring (bicyclic) bond motifs is 1. The van der Waals surface area contributed by atoms with Crippen molar-refractivity contribution >= 4 is 0 Å². The molecule has 1 aromatic rings. The Bertz CT molecular complexity index is 306. The molecule has 0 aliphatic heterocycles. The summed E-state index contributed by atoms with van der Waals surface area (Å²) >= 11 is 0. The van der Waals surface area contributed by atoms with Crippen LogP contribution in [0.2, 0.25) is 0 Å². The van der Waals surface area contributed by atoms with Crippen molar-refractivity contribution < 1.29 is 0 Å². The normalized spacial score (nSPS) is 22.9. The molecule has 0 saturated carbocycles. The summed E-state index contributed by atoms with van der Waals surface area (Å²) in [6.07, 6.45) is 6.81. The molecule has 0 radical (unpaired) electrons. The number of hydrogen-bond acceptors (Lipinski definition) is 1. The monoisotopic (exact) mass is 192 g/mol. The molecular weight excluding hydrogens is 172 g/mol. The third-order valence-electron chi connectivity index (χ3n) is 3.45. The second-order valence-electron chi connectivity index (χ2n) is 5.49. The predicted octanol–water partition coefficient (Wildman–Crippen LogP) is 2.95. The van der Waals surface area contributed by atoms with Crippen LogP contribution in [0, 0.1) is 11.3 Å². The Morgan fingerprint density at radius 1 is 1.43 bits per heavy atom. The van der Waals surface area contributed by atoms with E-state index in [2.05, 4.69) is 30.7 Å². The van der Waals surface area contributed by atoms with Crippen LogP contribution in [-0.2, 0) is 12.8 Å². The van der Waals surface area contributed by atoms with E-state index in [4.69, 9.17) is 0 Å². The first kappa shape index (κ1) is 9.75. The van der Waals surface area contributed by atoms with Gasteiger partial charge in [-0.25, -0.2) is 4.98 Å². The lowest BCUT2D eigenvalue weighted by Crippen LogP contribution is -2.22. The van der Waals surface area contributed by atoms with Crippen molar-refractivity contribution in [2.24, 2.45) is 11.3 Å². The molecule has 1 unspecified atom stereocenters. The van der Waals surface area contributed by atoms with Crippen LogP contribution in [0.25, 0.3) is 0 Å². The first-order valence-electron chi connectivity index (χ1n) is 5.58. The number of H-pyrrole nitrogens is 1. The number of imidazole rings is 1. The van der Waals surface area contributed by atoms with Crippen molar-refractivity contribution in [2.75, 3.05) is 0 Å². The third kappa shape index (κ3) is 1.84. The number of aromatic amines is 1. The van der Waals surface area contributed by atoms with E-state index < -0.39 is 0 Å². The van der Waals surface area contributed by atoms with Gasteiger partial charge in [0.2, 0.25) is 0 Å². The highest BCUT2D eigenvalue weighted by atomic mass is 14.9. The summed E-state index contributed by atoms with van der Waals surface area (Å²) in [6.45, 7) is 7.04. The van der Waals surface area contributed by atoms with Crippen LogP contribution >= 0.6 is 0 Å². The van der Waals surface area contributed by atoms with E-state index >= 15 is 0 Å². The van der Waals surface area contributed by atoms with Gasteiger partial charge in [0, 0.05) is 5.69 Å². The summed E-state index contributed by atoms with van der Waals surface area (Å²) in [5.74, 6) is 0.796. The molecule has 1 heterocycles. The Morgan fingerprint density at radius 3 is 2.93 bits per heavy atom. The maximum atomic E-state index is 4.38. The Hall–Kier alpha value is -0.790. The molecule has 2 heteroatoms. The van der Waals surface area contributed by atoms with Crippen LogP contribution in [-0.4, -0.2) is 9.97 Å². The molecule has 2 nitrogen and oxygen atoms in total. The maximum Gasteiger partial charge on any atom is 0.0925 e. The fraction of sp³-hybridized carbons (Fsp3) is 0.750. The van der Waals surface area contributed by atoms with Crippen LogP contribution in [0.5, 0.6) is 0 Å². The van der Waals surface area contributed by atoms with Gasteiger partial charge in [0.05, 0.1) is 12.0 Å². The van der Waals surface area contributed by atoms with Crippen molar-refractivity contribution in [2.45, 2.75) is 46.5 Å². The van der Waals surface area contributed by atoms with Gasteiger partial charge in [0.25, 0.3) is 0 Å². The number of nitrogens with zero attached hydrogens (tertiary/aromatic N) is 1. The molecule has 0 amide bonds. The van der Waals surface area contributed by atoms with Crippen LogP contribution in [0.1, 0.15) is 45.0 Å². The molecule has 2 rings (SSSR count). The average Bonchev–Trinajstić information content (AvgIpc) is 2.41. The summed E-state index contributed by atoms with van der Waals surface area (Å²) in [5, 5.41) is 0. The van der Waals surface area contributed by atoms with Crippen molar-refractivity contribution in [3.8, 4) is 0 Å². The largest absolute Gasteiger partial charge is 0.348 e. The molecule has 78 valence electrons. The van der Waals surface area contributed by atoms with E-state index in [0.29, 0.717) is 5.41 Å². The van der Waals surface area contributed by atoms with Gasteiger partial charge < -0.3 is 4.98 Å². The molecule has 0 aromatic carbocycles. The zero-order chi connectivity index (χ0) is 10.2. The Morgan fingerprint density at radius 2 is 2.21 bits per heavy atom. The zero-order valence-electron chi connectivity index (χ0n) is 9.43. The summed E-state index contributed by atoms with van der Waals surface area (Å²) in [7, 11) is 0. The molecule has 14 heavy (non-hydrogen) atoms. The molecule has 1 aromatic heterocycles. The topological polar surface area (TPSA) is 28.7 Å². The quantitative estimate of drug-likeness (QED) is 0.629. The highest BCUT2D eigenvalue weighted by molar-refractivity contribution is 5.14. The summed E-state index contributed by atoms with van der Waals surface area (Å²) in [5.41, 5.74) is 3.10. The Kier molecular flexibility index (Phi) is 2.38. The molecule has 1 N–H and O–H groups in total. The maximum absolute atomic E-state index is 4.38. The van der Waals surface area contributed by atoms with Gasteiger partial charge >= 0.3 is 0 Å². The predicted molar refractivity (Wildman–Crippen MR) is 58.2 cm³/mol. The molecular formula is C12H20N2. The minimum absolute atomic E-state index is 0.423. The lowest BCUT2D eigenvalue weighted by atomic mass is 9.76. The molecule has 0 fully saturated rings. The Balaban J connectivity index is 2.20. The van der Waals surface area contributed by atoms with Crippen molar-refractivity contribution in [1.82, 2.24) is 9.97 Å². The zero-order valence-corrected chi connectivity index (χ0v) is 9.43. The Labute approximate surface area is 86.1 Å². The fourth-order valence-electron chi connectivity index (χ4n) is 2.35. The van der Waals surface area contributed by atoms with Crippen LogP contribution in [0.4, 0.5) is 0 Å². The van der Waals surface area contributed by atoms with Gasteiger partial charge in [-0.2, -0.15) is 0 Å². The number of hydrogen-bond donors (Lipinski definition) is 1. The summed E-state index contributed by atoms with van der Waals surface area (Å²) in [4.78, 5) is 7.67. The smallest absolute Gasteiger partial charge is 0.0925 e. The molecule has 0 spiro atoms. The van der Waals surface area contributed by atoms with Gasteiger partial charge in [-0.15, -0.1) is 0 Å². The van der Waals surface area contributed by atoms with Crippen molar-refractivity contribution in [3.63, 3.8) is 0 Å². The van der Waals surface area contributed by atoms with Crippen molar-refractivity contribution in [1.29, 1.82) is 0 Å². The summed E-state index contributed by atoms with van der Waals surface area (Å²) in [6, 6.07) is 0. The molecule has 0 saturated heterocycles. The molecule has 0 bridgehead atoms. The first-order valence-corrected chi connectivity index (χ1v) is 5.58. The highest BCUT2D eigenvalue weighted by Gasteiger charge is 2.27. The summed E-state index contributed by atoms with van der Waals surface area (Å²) < 4.78 is 0. The lowest BCUT2D eigenvalue weighted by Gasteiger charge is -2.29. The standard InChI is InChI=1S/C12H20N2/c1-12(2,3)9-5-4-6-10-11(7-9)14-8-13-10/h8-9H,4-7H2,1-3H3,(H,13,14). The van der Waals surface area contributed by atoms with E-state index in [1.54, 1.807) is 0 Å². The SMILES string of the molecule is CC(C)(C)C1CCCc2nc[nH]c2C1.